The molecule has 2 heterocycles. The molecular formula is C20H22N4O4S. The van der Waals surface area contributed by atoms with Crippen molar-refractivity contribution in [1.29, 1.82) is 0 Å². The lowest BCUT2D eigenvalue weighted by molar-refractivity contribution is -0.384. The van der Waals surface area contributed by atoms with Crippen molar-refractivity contribution in [2.75, 3.05) is 33.2 Å². The maximum atomic E-state index is 13.2. The van der Waals surface area contributed by atoms with Gasteiger partial charge in [0.15, 0.2) is 0 Å². The molecule has 1 aromatic heterocycles. The van der Waals surface area contributed by atoms with Crippen LogP contribution < -0.4 is 0 Å². The summed E-state index contributed by atoms with van der Waals surface area (Å²) in [4.78, 5) is 15.5. The van der Waals surface area contributed by atoms with E-state index in [2.05, 4.69) is 16.8 Å². The van der Waals surface area contributed by atoms with E-state index in [1.165, 1.54) is 22.2 Å². The summed E-state index contributed by atoms with van der Waals surface area (Å²) in [5.41, 5.74) is 1.17. The molecule has 0 amide bonds. The zero-order valence-corrected chi connectivity index (χ0v) is 16.9. The zero-order chi connectivity index (χ0) is 20.6. The van der Waals surface area contributed by atoms with Crippen LogP contribution in [0, 0.1) is 10.1 Å². The third-order valence-corrected chi connectivity index (χ3v) is 7.03. The molecule has 29 heavy (non-hydrogen) atoms. The molecule has 9 heteroatoms. The van der Waals surface area contributed by atoms with Gasteiger partial charge in [-0.1, -0.05) is 18.2 Å². The molecule has 0 spiro atoms. The van der Waals surface area contributed by atoms with E-state index >= 15 is 0 Å². The van der Waals surface area contributed by atoms with Gasteiger partial charge in [0.25, 0.3) is 15.7 Å². The Kier molecular flexibility index (Phi) is 5.12. The van der Waals surface area contributed by atoms with Crippen LogP contribution in [0.1, 0.15) is 5.56 Å². The molecule has 0 bridgehead atoms. The Morgan fingerprint density at radius 2 is 1.72 bits per heavy atom. The number of non-ortho nitro benzene ring substituents is 1. The highest BCUT2D eigenvalue weighted by Gasteiger charge is 2.24. The Morgan fingerprint density at radius 3 is 2.38 bits per heavy atom. The Morgan fingerprint density at radius 1 is 1.03 bits per heavy atom. The molecule has 0 N–H and O–H groups in total. The van der Waals surface area contributed by atoms with E-state index in [0.29, 0.717) is 17.4 Å². The molecule has 0 unspecified atom stereocenters. The summed E-state index contributed by atoms with van der Waals surface area (Å²) in [6.07, 6.45) is 1.61. The summed E-state index contributed by atoms with van der Waals surface area (Å²) < 4.78 is 27.7. The highest BCUT2D eigenvalue weighted by atomic mass is 32.2. The Labute approximate surface area is 169 Å². The van der Waals surface area contributed by atoms with Crippen LogP contribution in [0.15, 0.2) is 59.6 Å². The predicted octanol–water partition coefficient (Wildman–Crippen LogP) is 2.53. The molecule has 0 aliphatic carbocycles. The first-order valence-corrected chi connectivity index (χ1v) is 10.8. The monoisotopic (exact) mass is 414 g/mol. The first kappa shape index (κ1) is 19.6. The van der Waals surface area contributed by atoms with Gasteiger partial charge in [0, 0.05) is 56.4 Å². The molecule has 4 rings (SSSR count). The summed E-state index contributed by atoms with van der Waals surface area (Å²) in [6, 6.07) is 12.5. The van der Waals surface area contributed by atoms with Crippen molar-refractivity contribution >= 4 is 26.6 Å². The van der Waals surface area contributed by atoms with Gasteiger partial charge >= 0.3 is 0 Å². The van der Waals surface area contributed by atoms with Crippen LogP contribution in [0.4, 0.5) is 5.69 Å². The minimum absolute atomic E-state index is 0.0491. The van der Waals surface area contributed by atoms with Gasteiger partial charge in [-0.25, -0.2) is 12.4 Å². The number of likely N-dealkylation sites (N-methyl/N-ethyl adjacent to an activating group) is 1. The number of piperazine rings is 1. The number of nitro benzene ring substituents is 1. The first-order chi connectivity index (χ1) is 13.9. The lowest BCUT2D eigenvalue weighted by atomic mass is 10.1. The van der Waals surface area contributed by atoms with Gasteiger partial charge in [0.05, 0.1) is 15.3 Å². The van der Waals surface area contributed by atoms with Crippen LogP contribution >= 0.6 is 0 Å². The fourth-order valence-electron chi connectivity index (χ4n) is 3.65. The van der Waals surface area contributed by atoms with Gasteiger partial charge in [-0.3, -0.25) is 15.0 Å². The molecule has 1 fully saturated rings. The van der Waals surface area contributed by atoms with Crippen molar-refractivity contribution in [3.8, 4) is 0 Å². The van der Waals surface area contributed by atoms with Crippen molar-refractivity contribution < 1.29 is 13.3 Å². The predicted molar refractivity (Wildman–Crippen MR) is 110 cm³/mol. The maximum absolute atomic E-state index is 13.2. The standard InChI is InChI=1S/C20H22N4O4S/c1-21-9-11-22(12-10-21)14-16-15-23(29(27,28)18-5-3-2-4-6-18)20-8-7-17(24(25)26)13-19(16)20/h2-8,13,15H,9-12,14H2,1H3. The SMILES string of the molecule is CN1CCN(Cc2cn(S(=O)(=O)c3ccccc3)c3ccc([N+](=O)[O-])cc23)CC1. The summed E-state index contributed by atoms with van der Waals surface area (Å²) in [5, 5.41) is 11.9. The summed E-state index contributed by atoms with van der Waals surface area (Å²) in [7, 11) is -1.74. The van der Waals surface area contributed by atoms with Crippen LogP contribution in [-0.2, 0) is 16.6 Å². The smallest absolute Gasteiger partial charge is 0.270 e. The molecular weight excluding hydrogens is 392 g/mol. The molecule has 1 aliphatic heterocycles. The molecule has 152 valence electrons. The minimum Gasteiger partial charge on any atom is -0.304 e. The van der Waals surface area contributed by atoms with Crippen molar-refractivity contribution in [2.45, 2.75) is 11.4 Å². The van der Waals surface area contributed by atoms with Gasteiger partial charge in [0.2, 0.25) is 0 Å². The first-order valence-electron chi connectivity index (χ1n) is 9.36. The molecule has 1 aliphatic rings. The van der Waals surface area contributed by atoms with Crippen LogP contribution in [0.5, 0.6) is 0 Å². The average Bonchev–Trinajstić information content (AvgIpc) is 3.09. The van der Waals surface area contributed by atoms with Gasteiger partial charge < -0.3 is 4.90 Å². The van der Waals surface area contributed by atoms with E-state index in [0.717, 1.165) is 31.7 Å². The Bertz CT molecular complexity index is 1150. The van der Waals surface area contributed by atoms with Crippen molar-refractivity contribution in [3.63, 3.8) is 0 Å². The second kappa shape index (κ2) is 7.58. The highest BCUT2D eigenvalue weighted by Crippen LogP contribution is 2.30. The second-order valence-electron chi connectivity index (χ2n) is 7.31. The third-order valence-electron chi connectivity index (χ3n) is 5.34. The van der Waals surface area contributed by atoms with Crippen LogP contribution in [0.3, 0.4) is 0 Å². The van der Waals surface area contributed by atoms with E-state index in [4.69, 9.17) is 0 Å². The molecule has 1 saturated heterocycles. The molecule has 0 atom stereocenters. The summed E-state index contributed by atoms with van der Waals surface area (Å²) in [6.45, 7) is 4.14. The van der Waals surface area contributed by atoms with E-state index in [1.807, 2.05) is 0 Å². The third kappa shape index (κ3) is 3.76. The molecule has 8 nitrogen and oxygen atoms in total. The number of aromatic nitrogens is 1. The zero-order valence-electron chi connectivity index (χ0n) is 16.1. The van der Waals surface area contributed by atoms with Gasteiger partial charge in [-0.15, -0.1) is 0 Å². The van der Waals surface area contributed by atoms with Crippen molar-refractivity contribution in [3.05, 3.63) is 70.4 Å². The van der Waals surface area contributed by atoms with E-state index in [1.54, 1.807) is 36.5 Å². The van der Waals surface area contributed by atoms with Crippen molar-refractivity contribution in [2.24, 2.45) is 0 Å². The Hall–Kier alpha value is -2.75. The molecule has 0 radical (unpaired) electrons. The number of nitro groups is 1. The lowest BCUT2D eigenvalue weighted by Crippen LogP contribution is -2.43. The fraction of sp³-hybridized carbons (Fsp3) is 0.300. The van der Waals surface area contributed by atoms with Crippen molar-refractivity contribution in [1.82, 2.24) is 13.8 Å². The maximum Gasteiger partial charge on any atom is 0.270 e. The summed E-state index contributed by atoms with van der Waals surface area (Å²) >= 11 is 0. The minimum atomic E-state index is -3.81. The normalized spacial score (nSPS) is 16.3. The number of nitrogens with zero attached hydrogens (tertiary/aromatic N) is 4. The average molecular weight is 414 g/mol. The number of hydrogen-bond acceptors (Lipinski definition) is 6. The highest BCUT2D eigenvalue weighted by molar-refractivity contribution is 7.90. The number of fused-ring (bicyclic) bond motifs is 1. The van der Waals surface area contributed by atoms with Crippen LogP contribution in [-0.4, -0.2) is 60.3 Å². The summed E-state index contributed by atoms with van der Waals surface area (Å²) in [5.74, 6) is 0. The fourth-order valence-corrected chi connectivity index (χ4v) is 5.06. The van der Waals surface area contributed by atoms with E-state index in [-0.39, 0.29) is 10.6 Å². The van der Waals surface area contributed by atoms with Gasteiger partial charge in [0.1, 0.15) is 0 Å². The second-order valence-corrected chi connectivity index (χ2v) is 9.12. The molecule has 3 aromatic rings. The number of benzene rings is 2. The Balaban J connectivity index is 1.82. The largest absolute Gasteiger partial charge is 0.304 e. The van der Waals surface area contributed by atoms with Crippen LogP contribution in [0.2, 0.25) is 0 Å². The van der Waals surface area contributed by atoms with Crippen LogP contribution in [0.25, 0.3) is 10.9 Å². The van der Waals surface area contributed by atoms with E-state index < -0.39 is 14.9 Å². The van der Waals surface area contributed by atoms with E-state index in [9.17, 15) is 18.5 Å². The quantitative estimate of drug-likeness (QED) is 0.471. The topological polar surface area (TPSA) is 88.7 Å². The van der Waals surface area contributed by atoms with Gasteiger partial charge in [-0.05, 0) is 30.8 Å². The number of rotatable bonds is 5. The number of hydrogen-bond donors (Lipinski definition) is 0. The van der Waals surface area contributed by atoms with Gasteiger partial charge in [-0.2, -0.15) is 0 Å². The lowest BCUT2D eigenvalue weighted by Gasteiger charge is -2.32. The molecule has 2 aromatic carbocycles. The molecule has 0 saturated carbocycles.